The van der Waals surface area contributed by atoms with Crippen molar-refractivity contribution in [1.82, 2.24) is 4.98 Å². The van der Waals surface area contributed by atoms with E-state index in [0.29, 0.717) is 12.3 Å². The number of oxazole rings is 1. The average molecular weight is 254 g/mol. The van der Waals surface area contributed by atoms with Gasteiger partial charge in [-0.25, -0.2) is 4.98 Å². The van der Waals surface area contributed by atoms with Crippen LogP contribution in [0.4, 0.5) is 0 Å². The number of fused-ring (bicyclic) bond motifs is 1. The van der Waals surface area contributed by atoms with Crippen LogP contribution in [0, 0.1) is 6.92 Å². The summed E-state index contributed by atoms with van der Waals surface area (Å²) in [5, 5.41) is 0. The number of aldehydes is 1. The molecular formula is C10H8BrNO2. The molecule has 2 aromatic rings. The Labute approximate surface area is 89.3 Å². The highest BCUT2D eigenvalue weighted by Crippen LogP contribution is 2.24. The normalized spacial score (nSPS) is 10.7. The van der Waals surface area contributed by atoms with Crippen molar-refractivity contribution in [2.75, 3.05) is 0 Å². The quantitative estimate of drug-likeness (QED) is 0.773. The molecule has 0 bridgehead atoms. The molecule has 0 fully saturated rings. The highest BCUT2D eigenvalue weighted by Gasteiger charge is 2.07. The summed E-state index contributed by atoms with van der Waals surface area (Å²) in [7, 11) is 0. The van der Waals surface area contributed by atoms with Crippen molar-refractivity contribution in [1.29, 1.82) is 0 Å². The van der Waals surface area contributed by atoms with Crippen LogP contribution < -0.4 is 0 Å². The number of nitrogens with zero attached hydrogens (tertiary/aromatic N) is 1. The Bertz CT molecular complexity index is 490. The van der Waals surface area contributed by atoms with Gasteiger partial charge in [-0.15, -0.1) is 0 Å². The molecule has 0 aliphatic carbocycles. The van der Waals surface area contributed by atoms with Crippen LogP contribution in [0.1, 0.15) is 11.5 Å². The Kier molecular flexibility index (Phi) is 2.37. The highest BCUT2D eigenvalue weighted by atomic mass is 79.9. The lowest BCUT2D eigenvalue weighted by atomic mass is 10.1. The van der Waals surface area contributed by atoms with Crippen LogP contribution in [0.3, 0.4) is 0 Å². The molecule has 0 aliphatic rings. The second kappa shape index (κ2) is 3.53. The molecule has 3 nitrogen and oxygen atoms in total. The summed E-state index contributed by atoms with van der Waals surface area (Å²) in [6, 6.07) is 3.71. The van der Waals surface area contributed by atoms with Crippen LogP contribution in [0.2, 0.25) is 0 Å². The van der Waals surface area contributed by atoms with E-state index in [0.717, 1.165) is 27.4 Å². The maximum Gasteiger partial charge on any atom is 0.192 e. The van der Waals surface area contributed by atoms with Crippen molar-refractivity contribution >= 4 is 33.3 Å². The molecule has 0 amide bonds. The third kappa shape index (κ3) is 1.57. The molecule has 0 unspecified atom stereocenters. The monoisotopic (exact) mass is 253 g/mol. The first-order chi connectivity index (χ1) is 6.70. The predicted molar refractivity (Wildman–Crippen MR) is 56.2 cm³/mol. The number of hydrogen-bond donors (Lipinski definition) is 0. The number of hydrogen-bond acceptors (Lipinski definition) is 3. The van der Waals surface area contributed by atoms with Crippen LogP contribution in [0.15, 0.2) is 21.0 Å². The Morgan fingerprint density at radius 2 is 2.36 bits per heavy atom. The van der Waals surface area contributed by atoms with Gasteiger partial charge in [-0.2, -0.15) is 0 Å². The first-order valence-corrected chi connectivity index (χ1v) is 4.99. The molecule has 14 heavy (non-hydrogen) atoms. The number of carbonyl (C=O) groups is 1. The third-order valence-corrected chi connectivity index (χ3v) is 2.70. The van der Waals surface area contributed by atoms with Crippen LogP contribution in [0.5, 0.6) is 0 Å². The summed E-state index contributed by atoms with van der Waals surface area (Å²) in [5.74, 6) is 0.634. The zero-order chi connectivity index (χ0) is 10.1. The third-order valence-electron chi connectivity index (χ3n) is 1.97. The molecule has 1 heterocycles. The molecule has 1 aromatic carbocycles. The fourth-order valence-electron chi connectivity index (χ4n) is 1.35. The van der Waals surface area contributed by atoms with Crippen molar-refractivity contribution in [2.45, 2.75) is 13.3 Å². The molecule has 0 N–H and O–H groups in total. The molecule has 0 atom stereocenters. The van der Waals surface area contributed by atoms with Crippen LogP contribution in [0.25, 0.3) is 11.1 Å². The van der Waals surface area contributed by atoms with E-state index in [2.05, 4.69) is 20.9 Å². The van der Waals surface area contributed by atoms with Gasteiger partial charge in [-0.1, -0.05) is 15.9 Å². The Morgan fingerprint density at radius 1 is 1.57 bits per heavy atom. The van der Waals surface area contributed by atoms with E-state index < -0.39 is 0 Å². The Hall–Kier alpha value is -1.16. The van der Waals surface area contributed by atoms with Gasteiger partial charge >= 0.3 is 0 Å². The van der Waals surface area contributed by atoms with E-state index in [4.69, 9.17) is 4.42 Å². The van der Waals surface area contributed by atoms with Gasteiger partial charge in [0.1, 0.15) is 11.8 Å². The summed E-state index contributed by atoms with van der Waals surface area (Å²) in [5.41, 5.74) is 2.47. The summed E-state index contributed by atoms with van der Waals surface area (Å²) in [6.45, 7) is 1.80. The first-order valence-electron chi connectivity index (χ1n) is 4.20. The molecule has 0 saturated heterocycles. The molecule has 2 rings (SSSR count). The minimum atomic E-state index is 0.391. The second-order valence-electron chi connectivity index (χ2n) is 3.02. The average Bonchev–Trinajstić information content (AvgIpc) is 2.45. The molecular weight excluding hydrogens is 246 g/mol. The molecule has 0 spiro atoms. The number of halogens is 1. The maximum atomic E-state index is 10.4. The van der Waals surface area contributed by atoms with Crippen molar-refractivity contribution in [3.8, 4) is 0 Å². The van der Waals surface area contributed by atoms with Gasteiger partial charge in [0, 0.05) is 17.8 Å². The van der Waals surface area contributed by atoms with Gasteiger partial charge in [-0.3, -0.25) is 0 Å². The van der Waals surface area contributed by atoms with Gasteiger partial charge in [0.25, 0.3) is 0 Å². The molecule has 0 radical (unpaired) electrons. The SMILES string of the molecule is Cc1nc2cc(CC=O)c(Br)cc2o1. The lowest BCUT2D eigenvalue weighted by Gasteiger charge is -1.98. The largest absolute Gasteiger partial charge is 0.441 e. The van der Waals surface area contributed by atoms with Gasteiger partial charge in [0.2, 0.25) is 0 Å². The highest BCUT2D eigenvalue weighted by molar-refractivity contribution is 9.10. The van der Waals surface area contributed by atoms with E-state index in [9.17, 15) is 4.79 Å². The summed E-state index contributed by atoms with van der Waals surface area (Å²) in [4.78, 5) is 14.6. The second-order valence-corrected chi connectivity index (χ2v) is 3.87. The first kappa shape index (κ1) is 9.40. The van der Waals surface area contributed by atoms with Crippen molar-refractivity contribution in [2.24, 2.45) is 0 Å². The number of rotatable bonds is 2. The van der Waals surface area contributed by atoms with E-state index >= 15 is 0 Å². The van der Waals surface area contributed by atoms with E-state index in [1.54, 1.807) is 6.92 Å². The number of aromatic nitrogens is 1. The van der Waals surface area contributed by atoms with E-state index in [1.807, 2.05) is 12.1 Å². The molecule has 0 aliphatic heterocycles. The Morgan fingerprint density at radius 3 is 3.07 bits per heavy atom. The fraction of sp³-hybridized carbons (Fsp3) is 0.200. The minimum absolute atomic E-state index is 0.391. The predicted octanol–water partition coefficient (Wildman–Crippen LogP) is 2.64. The van der Waals surface area contributed by atoms with Crippen molar-refractivity contribution in [3.05, 3.63) is 28.1 Å². The number of carbonyl (C=O) groups excluding carboxylic acids is 1. The topological polar surface area (TPSA) is 43.1 Å². The molecule has 0 saturated carbocycles. The van der Waals surface area contributed by atoms with E-state index in [1.165, 1.54) is 0 Å². The van der Waals surface area contributed by atoms with Gasteiger partial charge in [0.05, 0.1) is 0 Å². The zero-order valence-electron chi connectivity index (χ0n) is 7.58. The van der Waals surface area contributed by atoms with Gasteiger partial charge in [0.15, 0.2) is 11.5 Å². The maximum absolute atomic E-state index is 10.4. The number of aryl methyl sites for hydroxylation is 1. The van der Waals surface area contributed by atoms with Gasteiger partial charge in [-0.05, 0) is 17.7 Å². The minimum Gasteiger partial charge on any atom is -0.441 e. The molecule has 1 aromatic heterocycles. The van der Waals surface area contributed by atoms with E-state index in [-0.39, 0.29) is 0 Å². The van der Waals surface area contributed by atoms with Crippen LogP contribution >= 0.6 is 15.9 Å². The zero-order valence-corrected chi connectivity index (χ0v) is 9.17. The fourth-order valence-corrected chi connectivity index (χ4v) is 1.84. The Balaban J connectivity index is 2.63. The molecule has 72 valence electrons. The van der Waals surface area contributed by atoms with Crippen molar-refractivity contribution < 1.29 is 9.21 Å². The summed E-state index contributed by atoms with van der Waals surface area (Å²) >= 11 is 3.38. The van der Waals surface area contributed by atoms with Crippen LogP contribution in [-0.4, -0.2) is 11.3 Å². The van der Waals surface area contributed by atoms with Crippen LogP contribution in [-0.2, 0) is 11.2 Å². The van der Waals surface area contributed by atoms with Gasteiger partial charge < -0.3 is 9.21 Å². The standard InChI is InChI=1S/C10H8BrNO2/c1-6-12-9-4-7(2-3-13)8(11)5-10(9)14-6/h3-5H,2H2,1H3. The lowest BCUT2D eigenvalue weighted by Crippen LogP contribution is -1.87. The summed E-state index contributed by atoms with van der Waals surface area (Å²) < 4.78 is 6.24. The number of benzene rings is 1. The summed E-state index contributed by atoms with van der Waals surface area (Å²) in [6.07, 6.45) is 1.27. The van der Waals surface area contributed by atoms with Crippen molar-refractivity contribution in [3.63, 3.8) is 0 Å². The molecule has 4 heteroatoms. The smallest absolute Gasteiger partial charge is 0.192 e. The lowest BCUT2D eigenvalue weighted by molar-refractivity contribution is -0.107.